The molecule has 2 N–H and O–H groups in total. The van der Waals surface area contributed by atoms with E-state index in [1.165, 1.54) is 10.6 Å². The van der Waals surface area contributed by atoms with Crippen LogP contribution in [0.25, 0.3) is 11.0 Å². The Morgan fingerprint density at radius 1 is 1.19 bits per heavy atom. The van der Waals surface area contributed by atoms with Crippen molar-refractivity contribution in [1.29, 1.82) is 0 Å². The summed E-state index contributed by atoms with van der Waals surface area (Å²) in [5, 5.41) is 9.73. The van der Waals surface area contributed by atoms with E-state index in [-0.39, 0.29) is 17.8 Å². The van der Waals surface area contributed by atoms with Crippen LogP contribution in [0.1, 0.15) is 15.9 Å². The number of carboxylic acids is 1. The van der Waals surface area contributed by atoms with Crippen molar-refractivity contribution < 1.29 is 9.90 Å². The number of carbonyl (C=O) groups is 1. The van der Waals surface area contributed by atoms with Gasteiger partial charge in [0.15, 0.2) is 0 Å². The zero-order valence-corrected chi connectivity index (χ0v) is 11.6. The molecule has 0 fully saturated rings. The van der Waals surface area contributed by atoms with Gasteiger partial charge < -0.3 is 10.1 Å². The highest BCUT2D eigenvalue weighted by atomic mass is 35.5. The predicted molar refractivity (Wildman–Crippen MR) is 80.1 cm³/mol. The minimum atomic E-state index is -1.08. The van der Waals surface area contributed by atoms with Crippen molar-refractivity contribution in [3.63, 3.8) is 0 Å². The Labute approximate surface area is 124 Å². The van der Waals surface area contributed by atoms with Crippen LogP contribution in [0.15, 0.2) is 47.3 Å². The van der Waals surface area contributed by atoms with E-state index in [2.05, 4.69) is 4.98 Å². The highest BCUT2D eigenvalue weighted by Crippen LogP contribution is 2.20. The molecule has 0 aliphatic rings. The molecule has 2 aromatic carbocycles. The second-order valence-electron chi connectivity index (χ2n) is 4.61. The molecule has 0 radical (unpaired) electrons. The fourth-order valence-corrected chi connectivity index (χ4v) is 2.51. The number of fused-ring (bicyclic) bond motifs is 1. The number of nitrogens with one attached hydrogen (secondary N) is 1. The van der Waals surface area contributed by atoms with E-state index in [0.717, 1.165) is 5.56 Å². The van der Waals surface area contributed by atoms with Crippen molar-refractivity contribution in [3.05, 3.63) is 69.1 Å². The minimum absolute atomic E-state index is 0.0718. The Morgan fingerprint density at radius 2 is 1.95 bits per heavy atom. The highest BCUT2D eigenvalue weighted by molar-refractivity contribution is 6.31. The van der Waals surface area contributed by atoms with Gasteiger partial charge in [0, 0.05) is 5.02 Å². The van der Waals surface area contributed by atoms with Crippen LogP contribution in [-0.4, -0.2) is 20.6 Å². The van der Waals surface area contributed by atoms with E-state index in [0.29, 0.717) is 16.1 Å². The Bertz CT molecular complexity index is 895. The van der Waals surface area contributed by atoms with Gasteiger partial charge in [0.1, 0.15) is 0 Å². The number of H-pyrrole nitrogens is 1. The van der Waals surface area contributed by atoms with E-state index in [1.54, 1.807) is 18.2 Å². The van der Waals surface area contributed by atoms with E-state index in [4.69, 9.17) is 16.7 Å². The Hall–Kier alpha value is -2.53. The van der Waals surface area contributed by atoms with E-state index >= 15 is 0 Å². The molecule has 3 aromatic rings. The number of halogens is 1. The van der Waals surface area contributed by atoms with Gasteiger partial charge in [-0.25, -0.2) is 9.59 Å². The van der Waals surface area contributed by atoms with Crippen molar-refractivity contribution in [2.75, 3.05) is 0 Å². The number of hydrogen-bond acceptors (Lipinski definition) is 2. The largest absolute Gasteiger partial charge is 0.478 e. The molecule has 6 heteroatoms. The van der Waals surface area contributed by atoms with E-state index in [9.17, 15) is 9.59 Å². The van der Waals surface area contributed by atoms with Gasteiger partial charge in [-0.3, -0.25) is 4.57 Å². The summed E-state index contributed by atoms with van der Waals surface area (Å²) >= 11 is 6.11. The number of imidazole rings is 1. The predicted octanol–water partition coefficient (Wildman–Crippen LogP) is 2.73. The summed E-state index contributed by atoms with van der Waals surface area (Å²) in [6.45, 7) is 0.279. The second kappa shape index (κ2) is 5.10. The number of aromatic nitrogens is 2. The molecule has 0 spiro atoms. The third kappa shape index (κ3) is 2.32. The van der Waals surface area contributed by atoms with Crippen molar-refractivity contribution in [2.45, 2.75) is 6.54 Å². The number of nitrogens with zero attached hydrogens (tertiary/aromatic N) is 1. The fraction of sp³-hybridized carbons (Fsp3) is 0.0667. The molecule has 1 aromatic heterocycles. The summed E-state index contributed by atoms with van der Waals surface area (Å²) in [6.07, 6.45) is 0. The number of hydrogen-bond donors (Lipinski definition) is 2. The molecule has 3 rings (SSSR count). The number of para-hydroxylation sites is 1. The smallest absolute Gasteiger partial charge is 0.337 e. The molecule has 5 nitrogen and oxygen atoms in total. The lowest BCUT2D eigenvalue weighted by molar-refractivity contribution is 0.0699. The van der Waals surface area contributed by atoms with Crippen molar-refractivity contribution >= 4 is 28.6 Å². The van der Waals surface area contributed by atoms with Gasteiger partial charge >= 0.3 is 11.7 Å². The minimum Gasteiger partial charge on any atom is -0.478 e. The summed E-state index contributed by atoms with van der Waals surface area (Å²) in [6, 6.07) is 12.0. The lowest BCUT2D eigenvalue weighted by atomic mass is 10.2. The summed E-state index contributed by atoms with van der Waals surface area (Å²) in [4.78, 5) is 25.9. The summed E-state index contributed by atoms with van der Waals surface area (Å²) in [5.41, 5.74) is 1.37. The Kier molecular flexibility index (Phi) is 3.27. The van der Waals surface area contributed by atoms with Gasteiger partial charge in [-0.05, 0) is 23.8 Å². The zero-order chi connectivity index (χ0) is 15.0. The van der Waals surface area contributed by atoms with Crippen LogP contribution in [0.2, 0.25) is 5.02 Å². The number of rotatable bonds is 3. The molecule has 0 bridgehead atoms. The Balaban J connectivity index is 2.18. The second-order valence-corrected chi connectivity index (χ2v) is 5.02. The fourth-order valence-electron chi connectivity index (χ4n) is 2.31. The first-order chi connectivity index (χ1) is 10.1. The number of benzene rings is 2. The molecular weight excluding hydrogens is 292 g/mol. The van der Waals surface area contributed by atoms with Crippen LogP contribution in [0.4, 0.5) is 0 Å². The van der Waals surface area contributed by atoms with Crippen LogP contribution >= 0.6 is 11.6 Å². The van der Waals surface area contributed by atoms with Crippen LogP contribution in [0, 0.1) is 0 Å². The first-order valence-electron chi connectivity index (χ1n) is 6.26. The van der Waals surface area contributed by atoms with Gasteiger partial charge in [-0.1, -0.05) is 35.9 Å². The summed E-state index contributed by atoms with van der Waals surface area (Å²) in [7, 11) is 0. The average molecular weight is 303 g/mol. The third-order valence-corrected chi connectivity index (χ3v) is 3.70. The van der Waals surface area contributed by atoms with Crippen LogP contribution < -0.4 is 5.69 Å². The molecule has 0 saturated carbocycles. The van der Waals surface area contributed by atoms with E-state index in [1.807, 2.05) is 18.2 Å². The maximum atomic E-state index is 12.1. The first kappa shape index (κ1) is 13.5. The molecule has 0 saturated heterocycles. The molecule has 106 valence electrons. The lowest BCUT2D eigenvalue weighted by Gasteiger charge is -2.06. The Morgan fingerprint density at radius 3 is 2.67 bits per heavy atom. The third-order valence-electron chi connectivity index (χ3n) is 3.33. The van der Waals surface area contributed by atoms with E-state index < -0.39 is 5.97 Å². The van der Waals surface area contributed by atoms with Gasteiger partial charge in [0.2, 0.25) is 0 Å². The standard InChI is InChI=1S/C15H11ClN2O3/c16-11-6-2-1-4-9(11)8-18-12-7-3-5-10(14(19)20)13(12)17-15(18)21/h1-7H,8H2,(H,17,21)(H,19,20). The monoisotopic (exact) mass is 302 g/mol. The molecule has 0 aliphatic carbocycles. The molecule has 0 atom stereocenters. The topological polar surface area (TPSA) is 75.1 Å². The van der Waals surface area contributed by atoms with Crippen molar-refractivity contribution in [3.8, 4) is 0 Å². The summed E-state index contributed by atoms with van der Waals surface area (Å²) in [5.74, 6) is -1.08. The van der Waals surface area contributed by atoms with Crippen LogP contribution in [0.5, 0.6) is 0 Å². The van der Waals surface area contributed by atoms with Crippen molar-refractivity contribution in [1.82, 2.24) is 9.55 Å². The molecule has 0 amide bonds. The SMILES string of the molecule is O=C(O)c1cccc2c1[nH]c(=O)n2Cc1ccccc1Cl. The van der Waals surface area contributed by atoms with Gasteiger partial charge in [0.05, 0.1) is 23.1 Å². The molecule has 0 unspecified atom stereocenters. The van der Waals surface area contributed by atoms with Gasteiger partial charge in [-0.15, -0.1) is 0 Å². The number of aromatic amines is 1. The maximum absolute atomic E-state index is 12.1. The molecule has 21 heavy (non-hydrogen) atoms. The van der Waals surface area contributed by atoms with Crippen molar-refractivity contribution in [2.24, 2.45) is 0 Å². The normalized spacial score (nSPS) is 10.9. The molecule has 0 aliphatic heterocycles. The maximum Gasteiger partial charge on any atom is 0.337 e. The van der Waals surface area contributed by atoms with Gasteiger partial charge in [0.25, 0.3) is 0 Å². The number of aromatic carboxylic acids is 1. The van der Waals surface area contributed by atoms with Crippen LogP contribution in [-0.2, 0) is 6.54 Å². The molecule has 1 heterocycles. The first-order valence-corrected chi connectivity index (χ1v) is 6.64. The lowest BCUT2D eigenvalue weighted by Crippen LogP contribution is -2.17. The zero-order valence-electron chi connectivity index (χ0n) is 10.8. The quantitative estimate of drug-likeness (QED) is 0.781. The van der Waals surface area contributed by atoms with Gasteiger partial charge in [-0.2, -0.15) is 0 Å². The molecular formula is C15H11ClN2O3. The highest BCUT2D eigenvalue weighted by Gasteiger charge is 2.14. The van der Waals surface area contributed by atoms with Crippen LogP contribution in [0.3, 0.4) is 0 Å². The summed E-state index contributed by atoms with van der Waals surface area (Å²) < 4.78 is 1.48. The number of carboxylic acid groups (broad SMARTS) is 1. The average Bonchev–Trinajstić information content (AvgIpc) is 2.77.